The predicted octanol–water partition coefficient (Wildman–Crippen LogP) is 2.91. The molecule has 2 heteroatoms. The number of hydrogen-bond acceptors (Lipinski definition) is 2. The maximum Gasteiger partial charge on any atom is 0.0111 e. The normalized spacial score (nSPS) is 38.6. The van der Waals surface area contributed by atoms with Crippen molar-refractivity contribution in [2.45, 2.75) is 76.3 Å². The maximum absolute atomic E-state index is 6.04. The third kappa shape index (κ3) is 2.53. The Morgan fingerprint density at radius 1 is 0.882 bits per heavy atom. The van der Waals surface area contributed by atoms with Crippen molar-refractivity contribution >= 4 is 0 Å². The highest BCUT2D eigenvalue weighted by molar-refractivity contribution is 4.92. The van der Waals surface area contributed by atoms with Crippen molar-refractivity contribution in [1.82, 2.24) is 4.90 Å². The number of nitrogens with zero attached hydrogens (tertiary/aromatic N) is 1. The van der Waals surface area contributed by atoms with Crippen LogP contribution in [0.4, 0.5) is 0 Å². The van der Waals surface area contributed by atoms with E-state index in [-0.39, 0.29) is 0 Å². The van der Waals surface area contributed by atoms with Crippen molar-refractivity contribution in [2.75, 3.05) is 13.1 Å². The average Bonchev–Trinajstić information content (AvgIpc) is 2.78. The summed E-state index contributed by atoms with van der Waals surface area (Å²) in [6.07, 6.45) is 14.3. The van der Waals surface area contributed by atoms with Gasteiger partial charge in [-0.25, -0.2) is 0 Å². The van der Waals surface area contributed by atoms with E-state index in [4.69, 9.17) is 5.73 Å². The molecule has 0 aromatic carbocycles. The topological polar surface area (TPSA) is 29.3 Å². The highest BCUT2D eigenvalue weighted by Gasteiger charge is 2.38. The number of likely N-dealkylation sites (tertiary alicyclic amines) is 1. The number of piperidine rings is 1. The molecule has 1 heterocycles. The van der Waals surface area contributed by atoms with Crippen LogP contribution in [0.15, 0.2) is 0 Å². The number of hydrogen-bond donors (Lipinski definition) is 1. The summed E-state index contributed by atoms with van der Waals surface area (Å²) in [6, 6.07) is 1.32. The first-order chi connectivity index (χ1) is 8.27. The summed E-state index contributed by atoms with van der Waals surface area (Å²) in [4.78, 5) is 2.76. The van der Waals surface area contributed by atoms with Crippen molar-refractivity contribution in [1.29, 1.82) is 0 Å². The van der Waals surface area contributed by atoms with E-state index in [2.05, 4.69) is 4.90 Å². The van der Waals surface area contributed by atoms with Crippen LogP contribution < -0.4 is 5.73 Å². The molecular formula is C15H28N2. The van der Waals surface area contributed by atoms with Gasteiger partial charge in [-0.3, -0.25) is 0 Å². The van der Waals surface area contributed by atoms with Gasteiger partial charge in [-0.05, 0) is 63.5 Å². The van der Waals surface area contributed by atoms with Gasteiger partial charge in [-0.2, -0.15) is 0 Å². The summed E-state index contributed by atoms with van der Waals surface area (Å²) in [5.41, 5.74) is 6.80. The largest absolute Gasteiger partial charge is 0.328 e. The van der Waals surface area contributed by atoms with E-state index in [1.807, 2.05) is 0 Å². The first kappa shape index (κ1) is 12.0. The molecule has 3 rings (SSSR count). The standard InChI is InChI=1S/C15H28N2/c16-13-4-5-14(12-13)17-10-8-15(9-11-17)6-2-1-3-7-15/h13-14H,1-12,16H2. The van der Waals surface area contributed by atoms with Crippen molar-refractivity contribution in [3.63, 3.8) is 0 Å². The van der Waals surface area contributed by atoms with Gasteiger partial charge < -0.3 is 10.6 Å². The van der Waals surface area contributed by atoms with E-state index in [1.54, 1.807) is 0 Å². The Morgan fingerprint density at radius 2 is 1.59 bits per heavy atom. The van der Waals surface area contributed by atoms with Gasteiger partial charge >= 0.3 is 0 Å². The Hall–Kier alpha value is -0.0800. The molecule has 0 aromatic rings. The maximum atomic E-state index is 6.04. The molecule has 2 saturated carbocycles. The summed E-state index contributed by atoms with van der Waals surface area (Å²) in [7, 11) is 0. The summed E-state index contributed by atoms with van der Waals surface area (Å²) < 4.78 is 0. The molecular weight excluding hydrogens is 208 g/mol. The monoisotopic (exact) mass is 236 g/mol. The van der Waals surface area contributed by atoms with E-state index >= 15 is 0 Å². The SMILES string of the molecule is NC1CCC(N2CCC3(CCCCC3)CC2)C1. The fraction of sp³-hybridized carbons (Fsp3) is 1.00. The molecule has 1 aliphatic heterocycles. The molecule has 98 valence electrons. The van der Waals surface area contributed by atoms with Crippen LogP contribution in [0.25, 0.3) is 0 Å². The minimum absolute atomic E-state index is 0.491. The molecule has 2 unspecified atom stereocenters. The molecule has 0 aromatic heterocycles. The first-order valence-corrected chi connectivity index (χ1v) is 7.77. The quantitative estimate of drug-likeness (QED) is 0.758. The second kappa shape index (κ2) is 4.89. The number of nitrogens with two attached hydrogens (primary N) is 1. The fourth-order valence-electron chi connectivity index (χ4n) is 4.49. The lowest BCUT2D eigenvalue weighted by atomic mass is 9.68. The Morgan fingerprint density at radius 3 is 2.18 bits per heavy atom. The van der Waals surface area contributed by atoms with Crippen LogP contribution in [0.1, 0.15) is 64.2 Å². The lowest BCUT2D eigenvalue weighted by Crippen LogP contribution is -2.45. The molecule has 1 spiro atoms. The van der Waals surface area contributed by atoms with Gasteiger partial charge in [0, 0.05) is 12.1 Å². The summed E-state index contributed by atoms with van der Waals surface area (Å²) in [6.45, 7) is 2.72. The second-order valence-corrected chi connectivity index (χ2v) is 6.82. The Balaban J connectivity index is 1.53. The van der Waals surface area contributed by atoms with E-state index in [1.165, 1.54) is 77.3 Å². The number of rotatable bonds is 1. The predicted molar refractivity (Wildman–Crippen MR) is 71.9 cm³/mol. The zero-order valence-electron chi connectivity index (χ0n) is 11.2. The highest BCUT2D eigenvalue weighted by atomic mass is 15.2. The molecule has 1 saturated heterocycles. The zero-order valence-corrected chi connectivity index (χ0v) is 11.2. The first-order valence-electron chi connectivity index (χ1n) is 7.77. The molecule has 0 amide bonds. The van der Waals surface area contributed by atoms with E-state index in [0.29, 0.717) is 6.04 Å². The Bertz CT molecular complexity index is 248. The van der Waals surface area contributed by atoms with Crippen molar-refractivity contribution < 1.29 is 0 Å². The fourth-order valence-corrected chi connectivity index (χ4v) is 4.49. The lowest BCUT2D eigenvalue weighted by Gasteiger charge is -2.46. The molecule has 2 nitrogen and oxygen atoms in total. The van der Waals surface area contributed by atoms with Gasteiger partial charge in [-0.1, -0.05) is 19.3 Å². The highest BCUT2D eigenvalue weighted by Crippen LogP contribution is 2.45. The van der Waals surface area contributed by atoms with Gasteiger partial charge in [0.1, 0.15) is 0 Å². The van der Waals surface area contributed by atoms with Crippen LogP contribution in [-0.2, 0) is 0 Å². The minimum atomic E-state index is 0.491. The van der Waals surface area contributed by atoms with Gasteiger partial charge in [0.15, 0.2) is 0 Å². The van der Waals surface area contributed by atoms with Crippen LogP contribution in [0.5, 0.6) is 0 Å². The molecule has 2 N–H and O–H groups in total. The van der Waals surface area contributed by atoms with E-state index in [9.17, 15) is 0 Å². The zero-order chi connectivity index (χ0) is 11.7. The van der Waals surface area contributed by atoms with Gasteiger partial charge in [0.05, 0.1) is 0 Å². The van der Waals surface area contributed by atoms with Gasteiger partial charge in [-0.15, -0.1) is 0 Å². The van der Waals surface area contributed by atoms with Crippen LogP contribution in [-0.4, -0.2) is 30.1 Å². The molecule has 3 aliphatic rings. The average molecular weight is 236 g/mol. The minimum Gasteiger partial charge on any atom is -0.328 e. The van der Waals surface area contributed by atoms with Gasteiger partial charge in [0.25, 0.3) is 0 Å². The van der Waals surface area contributed by atoms with Gasteiger partial charge in [0.2, 0.25) is 0 Å². The Kier molecular flexibility index (Phi) is 3.45. The molecule has 0 radical (unpaired) electrons. The molecule has 17 heavy (non-hydrogen) atoms. The summed E-state index contributed by atoms with van der Waals surface area (Å²) >= 11 is 0. The van der Waals surface area contributed by atoms with Crippen LogP contribution in [0.3, 0.4) is 0 Å². The third-order valence-electron chi connectivity index (χ3n) is 5.73. The second-order valence-electron chi connectivity index (χ2n) is 6.82. The van der Waals surface area contributed by atoms with E-state index in [0.717, 1.165) is 11.5 Å². The van der Waals surface area contributed by atoms with Crippen LogP contribution in [0, 0.1) is 5.41 Å². The van der Waals surface area contributed by atoms with Crippen molar-refractivity contribution in [2.24, 2.45) is 11.1 Å². The molecule has 3 fully saturated rings. The van der Waals surface area contributed by atoms with Crippen LogP contribution >= 0.6 is 0 Å². The van der Waals surface area contributed by atoms with E-state index < -0.39 is 0 Å². The van der Waals surface area contributed by atoms with Crippen molar-refractivity contribution in [3.05, 3.63) is 0 Å². The lowest BCUT2D eigenvalue weighted by molar-refractivity contribution is 0.0461. The summed E-state index contributed by atoms with van der Waals surface area (Å²) in [5, 5.41) is 0. The third-order valence-corrected chi connectivity index (χ3v) is 5.73. The smallest absolute Gasteiger partial charge is 0.0111 e. The molecule has 0 bridgehead atoms. The van der Waals surface area contributed by atoms with Crippen LogP contribution in [0.2, 0.25) is 0 Å². The molecule has 2 atom stereocenters. The van der Waals surface area contributed by atoms with Crippen molar-refractivity contribution in [3.8, 4) is 0 Å². The summed E-state index contributed by atoms with van der Waals surface area (Å²) in [5.74, 6) is 0. The molecule has 2 aliphatic carbocycles. The Labute approximate surface area is 106 Å².